The van der Waals surface area contributed by atoms with E-state index in [1.54, 1.807) is 0 Å². The summed E-state index contributed by atoms with van der Waals surface area (Å²) in [6.07, 6.45) is 2.81. The highest BCUT2D eigenvalue weighted by molar-refractivity contribution is 5.85. The Morgan fingerprint density at radius 2 is 2.15 bits per heavy atom. The number of fused-ring (bicyclic) bond motifs is 1. The second kappa shape index (κ2) is 6.46. The Morgan fingerprint density at radius 1 is 1.35 bits per heavy atom. The van der Waals surface area contributed by atoms with Crippen molar-refractivity contribution >= 4 is 18.3 Å². The van der Waals surface area contributed by atoms with Crippen molar-refractivity contribution in [3.8, 4) is 5.75 Å². The summed E-state index contributed by atoms with van der Waals surface area (Å²) in [4.78, 5) is 14.4. The lowest BCUT2D eigenvalue weighted by Crippen LogP contribution is -2.49. The van der Waals surface area contributed by atoms with E-state index in [0.29, 0.717) is 13.2 Å². The molecule has 2 unspecified atom stereocenters. The lowest BCUT2D eigenvalue weighted by atomic mass is 9.94. The van der Waals surface area contributed by atoms with Gasteiger partial charge >= 0.3 is 0 Å². The Balaban J connectivity index is 0.00000147. The van der Waals surface area contributed by atoms with Crippen molar-refractivity contribution in [1.29, 1.82) is 0 Å². The summed E-state index contributed by atoms with van der Waals surface area (Å²) in [6.45, 7) is 2.02. The van der Waals surface area contributed by atoms with E-state index >= 15 is 0 Å². The Labute approximate surface area is 125 Å². The third-order valence-corrected chi connectivity index (χ3v) is 4.00. The molecule has 2 aliphatic rings. The van der Waals surface area contributed by atoms with Crippen molar-refractivity contribution in [3.05, 3.63) is 29.8 Å². The van der Waals surface area contributed by atoms with Crippen molar-refractivity contribution in [2.75, 3.05) is 19.7 Å². The molecule has 1 aromatic carbocycles. The standard InChI is InChI=1S/C15H20N2O2.ClH/c16-13-5-3-7-17(9-13)15(18)12-8-11-4-1-2-6-14(11)19-10-12;/h1-2,4,6,12-13H,3,5,7-10,16H2;1H. The molecule has 2 atom stereocenters. The van der Waals surface area contributed by atoms with E-state index in [0.717, 1.165) is 37.1 Å². The first-order valence-corrected chi connectivity index (χ1v) is 6.99. The van der Waals surface area contributed by atoms with Gasteiger partial charge in [-0.3, -0.25) is 4.79 Å². The maximum Gasteiger partial charge on any atom is 0.229 e. The Morgan fingerprint density at radius 3 is 2.95 bits per heavy atom. The molecule has 3 rings (SSSR count). The number of hydrogen-bond acceptors (Lipinski definition) is 3. The monoisotopic (exact) mass is 296 g/mol. The number of ether oxygens (including phenoxy) is 1. The molecule has 4 nitrogen and oxygen atoms in total. The molecule has 5 heteroatoms. The van der Waals surface area contributed by atoms with Gasteiger partial charge in [0.25, 0.3) is 0 Å². The van der Waals surface area contributed by atoms with Crippen LogP contribution in [0, 0.1) is 5.92 Å². The third-order valence-electron chi connectivity index (χ3n) is 4.00. The first kappa shape index (κ1) is 15.1. The van der Waals surface area contributed by atoms with E-state index in [1.807, 2.05) is 29.2 Å². The normalized spacial score (nSPS) is 25.1. The zero-order valence-corrected chi connectivity index (χ0v) is 12.3. The fraction of sp³-hybridized carbons (Fsp3) is 0.533. The lowest BCUT2D eigenvalue weighted by Gasteiger charge is -2.34. The molecule has 1 aromatic rings. The molecule has 0 spiro atoms. The maximum atomic E-state index is 12.5. The number of halogens is 1. The number of hydrogen-bond donors (Lipinski definition) is 1. The van der Waals surface area contributed by atoms with Gasteiger partial charge in [-0.2, -0.15) is 0 Å². The van der Waals surface area contributed by atoms with Gasteiger partial charge in [-0.15, -0.1) is 12.4 Å². The molecule has 0 bridgehead atoms. The zero-order valence-electron chi connectivity index (χ0n) is 11.5. The van der Waals surface area contributed by atoms with Gasteiger partial charge in [-0.05, 0) is 30.9 Å². The van der Waals surface area contributed by atoms with Crippen LogP contribution >= 0.6 is 12.4 Å². The third kappa shape index (κ3) is 3.07. The number of nitrogens with zero attached hydrogens (tertiary/aromatic N) is 1. The van der Waals surface area contributed by atoms with E-state index in [4.69, 9.17) is 10.5 Å². The molecule has 1 saturated heterocycles. The van der Waals surface area contributed by atoms with Crippen LogP contribution < -0.4 is 10.5 Å². The number of nitrogens with two attached hydrogens (primary N) is 1. The summed E-state index contributed by atoms with van der Waals surface area (Å²) >= 11 is 0. The Kier molecular flexibility index (Phi) is 4.89. The van der Waals surface area contributed by atoms with Crippen LogP contribution in [0.1, 0.15) is 18.4 Å². The fourth-order valence-electron chi connectivity index (χ4n) is 2.95. The molecule has 20 heavy (non-hydrogen) atoms. The molecule has 1 fully saturated rings. The van der Waals surface area contributed by atoms with Crippen LogP contribution in [0.4, 0.5) is 0 Å². The minimum absolute atomic E-state index is 0. The SMILES string of the molecule is Cl.NC1CCCN(C(=O)C2COc3ccccc3C2)C1. The molecular formula is C15H21ClN2O2. The zero-order chi connectivity index (χ0) is 13.2. The number of amides is 1. The van der Waals surface area contributed by atoms with Gasteiger partial charge in [0.05, 0.1) is 5.92 Å². The quantitative estimate of drug-likeness (QED) is 0.856. The van der Waals surface area contributed by atoms with Gasteiger partial charge in [0.15, 0.2) is 0 Å². The predicted molar refractivity (Wildman–Crippen MR) is 80.2 cm³/mol. The minimum atomic E-state index is -0.0554. The molecule has 2 heterocycles. The van der Waals surface area contributed by atoms with Gasteiger partial charge in [0.1, 0.15) is 12.4 Å². The van der Waals surface area contributed by atoms with Crippen LogP contribution in [0.25, 0.3) is 0 Å². The van der Waals surface area contributed by atoms with Gasteiger partial charge in [-0.25, -0.2) is 0 Å². The first-order chi connectivity index (χ1) is 9.24. The van der Waals surface area contributed by atoms with Gasteiger partial charge in [0, 0.05) is 19.1 Å². The number of para-hydroxylation sites is 1. The number of piperidine rings is 1. The van der Waals surface area contributed by atoms with Crippen LogP contribution in [0.3, 0.4) is 0 Å². The highest BCUT2D eigenvalue weighted by atomic mass is 35.5. The molecule has 0 saturated carbocycles. The van der Waals surface area contributed by atoms with Crippen LogP contribution in [-0.4, -0.2) is 36.5 Å². The fourth-order valence-corrected chi connectivity index (χ4v) is 2.95. The van der Waals surface area contributed by atoms with Crippen molar-refractivity contribution in [3.63, 3.8) is 0 Å². The Hall–Kier alpha value is -1.26. The number of carbonyl (C=O) groups is 1. The van der Waals surface area contributed by atoms with Crippen molar-refractivity contribution in [1.82, 2.24) is 4.90 Å². The van der Waals surface area contributed by atoms with E-state index in [-0.39, 0.29) is 30.3 Å². The maximum absolute atomic E-state index is 12.5. The summed E-state index contributed by atoms with van der Waals surface area (Å²) in [7, 11) is 0. The summed E-state index contributed by atoms with van der Waals surface area (Å²) in [5, 5.41) is 0. The number of rotatable bonds is 1. The molecule has 110 valence electrons. The van der Waals surface area contributed by atoms with E-state index < -0.39 is 0 Å². The highest BCUT2D eigenvalue weighted by Crippen LogP contribution is 2.28. The van der Waals surface area contributed by atoms with E-state index in [9.17, 15) is 4.79 Å². The largest absolute Gasteiger partial charge is 0.492 e. The molecule has 0 aliphatic carbocycles. The number of carbonyl (C=O) groups excluding carboxylic acids is 1. The molecule has 1 amide bonds. The molecule has 0 aromatic heterocycles. The van der Waals surface area contributed by atoms with Gasteiger partial charge in [-0.1, -0.05) is 18.2 Å². The minimum Gasteiger partial charge on any atom is -0.492 e. The molecule has 2 aliphatic heterocycles. The average Bonchev–Trinajstić information content (AvgIpc) is 2.46. The van der Waals surface area contributed by atoms with Crippen molar-refractivity contribution in [2.24, 2.45) is 11.7 Å². The molecule has 0 radical (unpaired) electrons. The highest BCUT2D eigenvalue weighted by Gasteiger charge is 2.31. The van der Waals surface area contributed by atoms with Crippen molar-refractivity contribution in [2.45, 2.75) is 25.3 Å². The predicted octanol–water partition coefficient (Wildman–Crippen LogP) is 1.61. The van der Waals surface area contributed by atoms with E-state index in [2.05, 4.69) is 0 Å². The van der Waals surface area contributed by atoms with E-state index in [1.165, 1.54) is 0 Å². The second-order valence-electron chi connectivity index (χ2n) is 5.51. The molecule has 2 N–H and O–H groups in total. The Bertz CT molecular complexity index is 481. The van der Waals surface area contributed by atoms with Gasteiger partial charge < -0.3 is 15.4 Å². The topological polar surface area (TPSA) is 55.6 Å². The molecular weight excluding hydrogens is 276 g/mol. The van der Waals surface area contributed by atoms with Crippen LogP contribution in [0.5, 0.6) is 5.75 Å². The van der Waals surface area contributed by atoms with Crippen molar-refractivity contribution < 1.29 is 9.53 Å². The van der Waals surface area contributed by atoms with Crippen LogP contribution in [0.15, 0.2) is 24.3 Å². The first-order valence-electron chi connectivity index (χ1n) is 6.99. The summed E-state index contributed by atoms with van der Waals surface area (Å²) in [5.74, 6) is 1.06. The average molecular weight is 297 g/mol. The van der Waals surface area contributed by atoms with Gasteiger partial charge in [0.2, 0.25) is 5.91 Å². The number of benzene rings is 1. The number of likely N-dealkylation sites (tertiary alicyclic amines) is 1. The van der Waals surface area contributed by atoms with Crippen LogP contribution in [-0.2, 0) is 11.2 Å². The smallest absolute Gasteiger partial charge is 0.229 e. The second-order valence-corrected chi connectivity index (χ2v) is 5.51. The summed E-state index contributed by atoms with van der Waals surface area (Å²) < 4.78 is 5.70. The summed E-state index contributed by atoms with van der Waals surface area (Å²) in [5.41, 5.74) is 7.08. The van der Waals surface area contributed by atoms with Crippen LogP contribution in [0.2, 0.25) is 0 Å². The summed E-state index contributed by atoms with van der Waals surface area (Å²) in [6, 6.07) is 8.09. The lowest BCUT2D eigenvalue weighted by molar-refractivity contribution is -0.138.